The van der Waals surface area contributed by atoms with Crippen molar-refractivity contribution in [3.05, 3.63) is 11.4 Å². The number of aromatic amines is 1. The molecule has 0 radical (unpaired) electrons. The summed E-state index contributed by atoms with van der Waals surface area (Å²) in [5, 5.41) is 20.5. The van der Waals surface area contributed by atoms with Crippen molar-refractivity contribution >= 4 is 5.91 Å². The second kappa shape index (κ2) is 6.72. The van der Waals surface area contributed by atoms with Gasteiger partial charge in [-0.15, -0.1) is 0 Å². The number of nitrogens with one attached hydrogen (secondary N) is 1. The maximum atomic E-state index is 12.5. The molecule has 0 saturated carbocycles. The zero-order chi connectivity index (χ0) is 15.5. The lowest BCUT2D eigenvalue weighted by Crippen LogP contribution is -2.43. The number of aromatic nitrogens is 3. The predicted octanol–water partition coefficient (Wildman–Crippen LogP) is -0.589. The zero-order valence-corrected chi connectivity index (χ0v) is 12.9. The fourth-order valence-corrected chi connectivity index (χ4v) is 3.22. The largest absolute Gasteiger partial charge is 0.390 e. The molecular weight excluding hydrogens is 286 g/mol. The summed E-state index contributed by atoms with van der Waals surface area (Å²) in [7, 11) is 0. The molecule has 1 aromatic heterocycles. The number of nitrogens with zero attached hydrogens (tertiary/aromatic N) is 4. The van der Waals surface area contributed by atoms with Gasteiger partial charge in [0.05, 0.1) is 11.8 Å². The van der Waals surface area contributed by atoms with Crippen LogP contribution < -0.4 is 0 Å². The van der Waals surface area contributed by atoms with Crippen molar-refractivity contribution in [3.8, 4) is 0 Å². The highest BCUT2D eigenvalue weighted by molar-refractivity contribution is 5.93. The zero-order valence-electron chi connectivity index (χ0n) is 12.9. The fourth-order valence-electron chi connectivity index (χ4n) is 3.22. The third-order valence-electron chi connectivity index (χ3n) is 4.45. The van der Waals surface area contributed by atoms with Crippen LogP contribution in [0.25, 0.3) is 0 Å². The van der Waals surface area contributed by atoms with Gasteiger partial charge < -0.3 is 14.7 Å². The molecule has 2 N–H and O–H groups in total. The monoisotopic (exact) mass is 309 g/mol. The third-order valence-corrected chi connectivity index (χ3v) is 4.45. The number of carbonyl (C=O) groups is 1. The maximum Gasteiger partial charge on any atom is 0.276 e. The molecule has 8 heteroatoms. The molecule has 0 unspecified atom stereocenters. The van der Waals surface area contributed by atoms with E-state index in [-0.39, 0.29) is 5.91 Å². The van der Waals surface area contributed by atoms with Gasteiger partial charge in [0.1, 0.15) is 0 Å². The van der Waals surface area contributed by atoms with E-state index in [1.165, 1.54) is 0 Å². The number of hydrogen-bond acceptors (Lipinski definition) is 6. The van der Waals surface area contributed by atoms with Crippen molar-refractivity contribution in [1.29, 1.82) is 0 Å². The molecule has 3 heterocycles. The third kappa shape index (κ3) is 3.29. The highest BCUT2D eigenvalue weighted by atomic mass is 16.5. The summed E-state index contributed by atoms with van der Waals surface area (Å²) in [5.74, 6) is -0.167. The second-order valence-electron chi connectivity index (χ2n) is 6.00. The lowest BCUT2D eigenvalue weighted by atomic mass is 10.1. The van der Waals surface area contributed by atoms with Gasteiger partial charge in [0, 0.05) is 45.4 Å². The molecule has 3 rings (SSSR count). The minimum Gasteiger partial charge on any atom is -0.390 e. The van der Waals surface area contributed by atoms with Gasteiger partial charge in [-0.25, -0.2) is 0 Å². The topological polar surface area (TPSA) is 94.6 Å². The van der Waals surface area contributed by atoms with E-state index in [0.717, 1.165) is 32.6 Å². The molecule has 8 nitrogen and oxygen atoms in total. The summed E-state index contributed by atoms with van der Waals surface area (Å²) < 4.78 is 5.40. The molecule has 0 bridgehead atoms. The van der Waals surface area contributed by atoms with E-state index in [2.05, 4.69) is 20.3 Å². The normalized spacial score (nSPS) is 25.2. The highest BCUT2D eigenvalue weighted by Crippen LogP contribution is 2.18. The molecule has 0 aliphatic carbocycles. The van der Waals surface area contributed by atoms with Crippen molar-refractivity contribution in [2.45, 2.75) is 31.9 Å². The van der Waals surface area contributed by atoms with E-state index in [4.69, 9.17) is 4.74 Å². The quantitative estimate of drug-likeness (QED) is 0.758. The summed E-state index contributed by atoms with van der Waals surface area (Å²) in [5.41, 5.74) is 0.928. The molecule has 2 aliphatic rings. The number of amides is 1. The van der Waals surface area contributed by atoms with Crippen molar-refractivity contribution in [2.24, 2.45) is 0 Å². The van der Waals surface area contributed by atoms with Gasteiger partial charge in [-0.1, -0.05) is 0 Å². The Morgan fingerprint density at radius 1 is 1.27 bits per heavy atom. The Labute approximate surface area is 129 Å². The minimum atomic E-state index is -0.540. The van der Waals surface area contributed by atoms with Crippen molar-refractivity contribution in [2.75, 3.05) is 39.4 Å². The maximum absolute atomic E-state index is 12.5. The number of H-pyrrole nitrogens is 1. The molecule has 0 spiro atoms. The Morgan fingerprint density at radius 2 is 2.05 bits per heavy atom. The Hall–Kier alpha value is -1.51. The van der Waals surface area contributed by atoms with Crippen LogP contribution >= 0.6 is 0 Å². The molecule has 22 heavy (non-hydrogen) atoms. The Balaban J connectivity index is 1.66. The molecule has 2 fully saturated rings. The van der Waals surface area contributed by atoms with E-state index in [1.54, 1.807) is 11.8 Å². The summed E-state index contributed by atoms with van der Waals surface area (Å²) in [4.78, 5) is 16.5. The first-order chi connectivity index (χ1) is 10.6. The molecule has 1 amide bonds. The lowest BCUT2D eigenvalue weighted by molar-refractivity contribution is 0.0217. The molecule has 0 aromatic carbocycles. The lowest BCUT2D eigenvalue weighted by Gasteiger charge is -2.33. The average Bonchev–Trinajstić information content (AvgIpc) is 2.85. The van der Waals surface area contributed by atoms with Crippen LogP contribution in [0.4, 0.5) is 0 Å². The van der Waals surface area contributed by atoms with Crippen molar-refractivity contribution in [1.82, 2.24) is 25.2 Å². The number of hydrogen-bond donors (Lipinski definition) is 2. The fraction of sp³-hybridized carbons (Fsp3) is 0.786. The van der Waals surface area contributed by atoms with Gasteiger partial charge in [0.25, 0.3) is 5.91 Å². The second-order valence-corrected chi connectivity index (χ2v) is 6.00. The van der Waals surface area contributed by atoms with E-state index < -0.39 is 6.10 Å². The van der Waals surface area contributed by atoms with E-state index in [0.29, 0.717) is 37.1 Å². The predicted molar refractivity (Wildman–Crippen MR) is 78.4 cm³/mol. The van der Waals surface area contributed by atoms with Crippen LogP contribution in [0.2, 0.25) is 0 Å². The van der Waals surface area contributed by atoms with Crippen LogP contribution in [0.5, 0.6) is 0 Å². The van der Waals surface area contributed by atoms with E-state index in [1.807, 2.05) is 0 Å². The van der Waals surface area contributed by atoms with Crippen LogP contribution in [0.3, 0.4) is 0 Å². The summed E-state index contributed by atoms with van der Waals surface area (Å²) in [6.07, 6.45) is 1.44. The molecule has 122 valence electrons. The van der Waals surface area contributed by atoms with E-state index in [9.17, 15) is 9.90 Å². The van der Waals surface area contributed by atoms with Crippen LogP contribution in [-0.4, -0.2) is 87.8 Å². The number of aryl methyl sites for hydroxylation is 1. The first-order valence-electron chi connectivity index (χ1n) is 7.81. The molecular formula is C14H23N5O3. The summed E-state index contributed by atoms with van der Waals surface area (Å²) in [6.45, 7) is 5.61. The van der Waals surface area contributed by atoms with Gasteiger partial charge in [-0.3, -0.25) is 9.69 Å². The molecule has 1 aromatic rings. The smallest absolute Gasteiger partial charge is 0.276 e. The standard InChI is InChI=1S/C14H23N5O3/c1-10-13(16-17-15-10)14(21)19-5-4-18(8-12(20)9-19)11-2-6-22-7-3-11/h11-12,20H,2-9H2,1H3,(H,15,16,17)/t12-/m1/s1. The minimum absolute atomic E-state index is 0.167. The molecule has 2 aliphatic heterocycles. The van der Waals surface area contributed by atoms with Gasteiger partial charge in [-0.05, 0) is 19.8 Å². The van der Waals surface area contributed by atoms with Crippen LogP contribution in [0.15, 0.2) is 0 Å². The van der Waals surface area contributed by atoms with Crippen LogP contribution in [-0.2, 0) is 4.74 Å². The number of β-amino-alcohol motifs (C(OH)–C–C–N with tert-alkyl or cyclic N) is 1. The van der Waals surface area contributed by atoms with Crippen molar-refractivity contribution < 1.29 is 14.6 Å². The number of ether oxygens (including phenoxy) is 1. The Morgan fingerprint density at radius 3 is 2.73 bits per heavy atom. The first kappa shape index (κ1) is 15.4. The number of rotatable bonds is 2. The summed E-state index contributed by atoms with van der Waals surface area (Å²) in [6, 6.07) is 0.437. The Bertz CT molecular complexity index is 514. The average molecular weight is 309 g/mol. The number of aliphatic hydroxyl groups is 1. The van der Waals surface area contributed by atoms with Crippen LogP contribution in [0.1, 0.15) is 29.0 Å². The van der Waals surface area contributed by atoms with Crippen molar-refractivity contribution in [3.63, 3.8) is 0 Å². The van der Waals surface area contributed by atoms with Gasteiger partial charge in [0.2, 0.25) is 0 Å². The first-order valence-corrected chi connectivity index (χ1v) is 7.81. The highest BCUT2D eigenvalue weighted by Gasteiger charge is 2.30. The Kier molecular flexibility index (Phi) is 4.70. The summed E-state index contributed by atoms with van der Waals surface area (Å²) >= 11 is 0. The van der Waals surface area contributed by atoms with Gasteiger partial charge in [0.15, 0.2) is 5.69 Å². The number of carbonyl (C=O) groups excluding carboxylic acids is 1. The molecule has 2 saturated heterocycles. The van der Waals surface area contributed by atoms with Gasteiger partial charge >= 0.3 is 0 Å². The van der Waals surface area contributed by atoms with Gasteiger partial charge in [-0.2, -0.15) is 15.4 Å². The van der Waals surface area contributed by atoms with Crippen LogP contribution in [0, 0.1) is 6.92 Å². The molecule has 1 atom stereocenters. The number of aliphatic hydroxyl groups excluding tert-OH is 1. The van der Waals surface area contributed by atoms with E-state index >= 15 is 0 Å². The SMILES string of the molecule is Cc1n[nH]nc1C(=O)N1CCN(C2CCOCC2)C[C@@H](O)C1.